The number of benzene rings is 1. The first-order valence-corrected chi connectivity index (χ1v) is 6.33. The summed E-state index contributed by atoms with van der Waals surface area (Å²) < 4.78 is 0. The Morgan fingerprint density at radius 3 is 2.53 bits per heavy atom. The van der Waals surface area contributed by atoms with Crippen molar-refractivity contribution >= 4 is 0 Å². The minimum atomic E-state index is -0.775. The zero-order valence-corrected chi connectivity index (χ0v) is 10.7. The molecule has 0 radical (unpaired) electrons. The van der Waals surface area contributed by atoms with Gasteiger partial charge >= 0.3 is 0 Å². The highest BCUT2D eigenvalue weighted by Gasteiger charge is 2.32. The second-order valence-corrected chi connectivity index (χ2v) is 4.82. The van der Waals surface area contributed by atoms with E-state index >= 15 is 0 Å². The van der Waals surface area contributed by atoms with Crippen LogP contribution in [-0.4, -0.2) is 30.1 Å². The predicted octanol–water partition coefficient (Wildman–Crippen LogP) is 2.55. The molecule has 0 spiro atoms. The molecule has 0 amide bonds. The van der Waals surface area contributed by atoms with Gasteiger partial charge in [0.05, 0.1) is 0 Å². The Balaban J connectivity index is 2.32. The number of aliphatic hydroxyl groups is 1. The topological polar surface area (TPSA) is 23.5 Å². The number of nitrogens with zero attached hydrogens (tertiary/aromatic N) is 1. The largest absolute Gasteiger partial charge is 0.381 e. The fourth-order valence-electron chi connectivity index (χ4n) is 2.48. The molecule has 0 saturated carbocycles. The van der Waals surface area contributed by atoms with Crippen molar-refractivity contribution in [3.05, 3.63) is 47.5 Å². The maximum absolute atomic E-state index is 10.9. The van der Waals surface area contributed by atoms with Crippen molar-refractivity contribution in [3.8, 4) is 0 Å². The molecule has 0 aliphatic carbocycles. The van der Waals surface area contributed by atoms with Crippen LogP contribution in [0, 0.1) is 0 Å². The van der Waals surface area contributed by atoms with Crippen LogP contribution in [0.4, 0.5) is 0 Å². The summed E-state index contributed by atoms with van der Waals surface area (Å²) >= 11 is 0. The van der Waals surface area contributed by atoms with Crippen molar-refractivity contribution in [2.45, 2.75) is 25.4 Å². The van der Waals surface area contributed by atoms with Crippen LogP contribution in [0.2, 0.25) is 0 Å². The van der Waals surface area contributed by atoms with Crippen LogP contribution in [-0.2, 0) is 5.60 Å². The molecular weight excluding hydrogens is 210 g/mol. The van der Waals surface area contributed by atoms with Gasteiger partial charge in [0.2, 0.25) is 0 Å². The van der Waals surface area contributed by atoms with Crippen molar-refractivity contribution in [1.29, 1.82) is 0 Å². The van der Waals surface area contributed by atoms with E-state index in [1.807, 2.05) is 37.3 Å². The molecular formula is C15H21NO. The Morgan fingerprint density at radius 2 is 2.00 bits per heavy atom. The Bertz CT molecular complexity index is 399. The lowest BCUT2D eigenvalue weighted by Crippen LogP contribution is -2.34. The van der Waals surface area contributed by atoms with Gasteiger partial charge < -0.3 is 10.0 Å². The van der Waals surface area contributed by atoms with Gasteiger partial charge in [0.25, 0.3) is 0 Å². The minimum Gasteiger partial charge on any atom is -0.381 e. The Hall–Kier alpha value is -1.12. The van der Waals surface area contributed by atoms with Crippen molar-refractivity contribution in [2.75, 3.05) is 20.1 Å². The van der Waals surface area contributed by atoms with Crippen LogP contribution in [0.3, 0.4) is 0 Å². The van der Waals surface area contributed by atoms with Gasteiger partial charge in [-0.3, -0.25) is 0 Å². The van der Waals surface area contributed by atoms with E-state index in [0.717, 1.165) is 31.5 Å². The average Bonchev–Trinajstić information content (AvgIpc) is 2.40. The monoisotopic (exact) mass is 231 g/mol. The van der Waals surface area contributed by atoms with Gasteiger partial charge in [-0.15, -0.1) is 0 Å². The summed E-state index contributed by atoms with van der Waals surface area (Å²) in [6.45, 7) is 4.01. The quantitative estimate of drug-likeness (QED) is 0.808. The molecule has 92 valence electrons. The lowest BCUT2D eigenvalue weighted by Gasteiger charge is -2.34. The van der Waals surface area contributed by atoms with Crippen LogP contribution in [0.25, 0.3) is 0 Å². The van der Waals surface area contributed by atoms with Crippen molar-refractivity contribution in [3.63, 3.8) is 0 Å². The second-order valence-electron chi connectivity index (χ2n) is 4.82. The van der Waals surface area contributed by atoms with E-state index in [1.54, 1.807) is 0 Å². The van der Waals surface area contributed by atoms with E-state index in [4.69, 9.17) is 0 Å². The zero-order valence-electron chi connectivity index (χ0n) is 10.7. The highest BCUT2D eigenvalue weighted by atomic mass is 16.3. The molecule has 0 fully saturated rings. The third-order valence-electron chi connectivity index (χ3n) is 3.71. The van der Waals surface area contributed by atoms with Crippen molar-refractivity contribution in [1.82, 2.24) is 4.90 Å². The first-order chi connectivity index (χ1) is 8.16. The molecule has 1 N–H and O–H groups in total. The van der Waals surface area contributed by atoms with Gasteiger partial charge in [-0.1, -0.05) is 43.3 Å². The molecule has 0 bridgehead atoms. The Labute approximate surface area is 104 Å². The summed E-state index contributed by atoms with van der Waals surface area (Å²) in [6.07, 6.45) is 3.86. The first-order valence-electron chi connectivity index (χ1n) is 6.33. The van der Waals surface area contributed by atoms with Gasteiger partial charge in [0.1, 0.15) is 5.60 Å². The summed E-state index contributed by atoms with van der Waals surface area (Å²) in [5.41, 5.74) is 1.41. The second kappa shape index (κ2) is 5.03. The van der Waals surface area contributed by atoms with Crippen molar-refractivity contribution in [2.24, 2.45) is 0 Å². The zero-order chi connectivity index (χ0) is 12.3. The maximum atomic E-state index is 10.9. The highest BCUT2D eigenvalue weighted by Crippen LogP contribution is 2.35. The first kappa shape index (κ1) is 12.3. The van der Waals surface area contributed by atoms with Gasteiger partial charge in [-0.2, -0.15) is 0 Å². The summed E-state index contributed by atoms with van der Waals surface area (Å²) in [5.74, 6) is 0. The fraction of sp³-hybridized carbons (Fsp3) is 0.467. The SMILES string of the molecule is CCC(O)(C1=CCN(C)CC1)c1ccccc1. The van der Waals surface area contributed by atoms with Crippen LogP contribution in [0.15, 0.2) is 42.0 Å². The number of likely N-dealkylation sites (N-methyl/N-ethyl adjacent to an activating group) is 1. The van der Waals surface area contributed by atoms with E-state index in [1.165, 1.54) is 5.57 Å². The molecule has 0 saturated heterocycles. The van der Waals surface area contributed by atoms with Crippen LogP contribution >= 0.6 is 0 Å². The van der Waals surface area contributed by atoms with E-state index in [2.05, 4.69) is 18.0 Å². The molecule has 1 atom stereocenters. The smallest absolute Gasteiger partial charge is 0.110 e. The number of hydrogen-bond acceptors (Lipinski definition) is 2. The van der Waals surface area contributed by atoms with Crippen molar-refractivity contribution < 1.29 is 5.11 Å². The molecule has 0 aromatic heterocycles. The standard InChI is InChI=1S/C15H21NO/c1-3-15(17,13-7-5-4-6-8-13)14-9-11-16(2)12-10-14/h4-9,17H,3,10-12H2,1-2H3. The highest BCUT2D eigenvalue weighted by molar-refractivity contribution is 5.33. The van der Waals surface area contributed by atoms with Crippen LogP contribution < -0.4 is 0 Å². The molecule has 1 aromatic carbocycles. The minimum absolute atomic E-state index is 0.729. The van der Waals surface area contributed by atoms with Gasteiger partial charge in [-0.05, 0) is 31.0 Å². The molecule has 1 aromatic rings. The Morgan fingerprint density at radius 1 is 1.29 bits per heavy atom. The van der Waals surface area contributed by atoms with E-state index in [9.17, 15) is 5.11 Å². The molecule has 1 aliphatic rings. The molecule has 1 aliphatic heterocycles. The lowest BCUT2D eigenvalue weighted by atomic mass is 9.81. The summed E-state index contributed by atoms with van der Waals surface area (Å²) in [7, 11) is 2.11. The Kier molecular flexibility index (Phi) is 3.65. The summed E-state index contributed by atoms with van der Waals surface area (Å²) in [4.78, 5) is 2.27. The van der Waals surface area contributed by atoms with Crippen LogP contribution in [0.5, 0.6) is 0 Å². The molecule has 1 unspecified atom stereocenters. The predicted molar refractivity (Wildman–Crippen MR) is 70.8 cm³/mol. The third-order valence-corrected chi connectivity index (χ3v) is 3.71. The number of hydrogen-bond donors (Lipinski definition) is 1. The maximum Gasteiger partial charge on any atom is 0.110 e. The van der Waals surface area contributed by atoms with Gasteiger partial charge in [0, 0.05) is 13.1 Å². The third kappa shape index (κ3) is 2.43. The van der Waals surface area contributed by atoms with E-state index < -0.39 is 5.60 Å². The van der Waals surface area contributed by atoms with Crippen LogP contribution in [0.1, 0.15) is 25.3 Å². The normalized spacial score (nSPS) is 20.8. The molecule has 2 nitrogen and oxygen atoms in total. The molecule has 1 heterocycles. The average molecular weight is 231 g/mol. The van der Waals surface area contributed by atoms with Gasteiger partial charge in [-0.25, -0.2) is 0 Å². The van der Waals surface area contributed by atoms with Gasteiger partial charge in [0.15, 0.2) is 0 Å². The number of rotatable bonds is 3. The molecule has 2 heteroatoms. The fourth-order valence-corrected chi connectivity index (χ4v) is 2.48. The molecule has 2 rings (SSSR count). The van der Waals surface area contributed by atoms with E-state index in [0.29, 0.717) is 0 Å². The summed E-state index contributed by atoms with van der Waals surface area (Å²) in [6, 6.07) is 10.0. The summed E-state index contributed by atoms with van der Waals surface area (Å²) in [5, 5.41) is 10.9. The lowest BCUT2D eigenvalue weighted by molar-refractivity contribution is 0.0640. The van der Waals surface area contributed by atoms with E-state index in [-0.39, 0.29) is 0 Å². The molecule has 17 heavy (non-hydrogen) atoms.